The van der Waals surface area contributed by atoms with Crippen LogP contribution in [0.2, 0.25) is 0 Å². The molecule has 0 saturated heterocycles. The molecular formula is C11H18Cl2Ti. The molecule has 0 fully saturated rings. The molecule has 3 heteroatoms. The fourth-order valence-electron chi connectivity index (χ4n) is 1.41. The fraction of sp³-hybridized carbons (Fsp3) is 0.545. The Labute approximate surface area is 116 Å². The molecule has 0 spiro atoms. The van der Waals surface area contributed by atoms with E-state index in [1.807, 2.05) is 0 Å². The summed E-state index contributed by atoms with van der Waals surface area (Å²) >= 11 is 0. The summed E-state index contributed by atoms with van der Waals surface area (Å²) in [6.45, 7) is 10.9. The first-order valence-corrected chi connectivity index (χ1v) is 3.75. The maximum absolute atomic E-state index is 3.44. The van der Waals surface area contributed by atoms with Gasteiger partial charge < -0.3 is 32.2 Å². The van der Waals surface area contributed by atoms with Crippen molar-refractivity contribution in [2.75, 3.05) is 0 Å². The first-order valence-electron chi connectivity index (χ1n) is 3.75. The van der Waals surface area contributed by atoms with Gasteiger partial charge in [-0.05, 0) is 0 Å². The molecule has 1 aliphatic carbocycles. The van der Waals surface area contributed by atoms with Crippen LogP contribution in [0.5, 0.6) is 0 Å². The smallest absolute Gasteiger partial charge is 1.00 e. The monoisotopic (exact) mass is 268 g/mol. The Morgan fingerprint density at radius 1 is 1.00 bits per heavy atom. The minimum Gasteiger partial charge on any atom is -1.00 e. The van der Waals surface area contributed by atoms with Gasteiger partial charge in [-0.1, -0.05) is 33.1 Å². The van der Waals surface area contributed by atoms with Crippen molar-refractivity contribution in [1.82, 2.24) is 0 Å². The third-order valence-corrected chi connectivity index (χ3v) is 2.56. The van der Waals surface area contributed by atoms with E-state index < -0.39 is 0 Å². The van der Waals surface area contributed by atoms with Crippen LogP contribution in [0.1, 0.15) is 34.6 Å². The Bertz CT molecular complexity index is 227. The van der Waals surface area contributed by atoms with Gasteiger partial charge in [-0.15, -0.1) is 6.92 Å². The fourth-order valence-corrected chi connectivity index (χ4v) is 1.41. The first kappa shape index (κ1) is 24.1. The van der Waals surface area contributed by atoms with Crippen molar-refractivity contribution < 1.29 is 46.5 Å². The SMILES string of the molecule is CC1=[C-]C(C)(C)C(C)=C1C.[CH3-].[Cl-].[Cl-].[Ti+4]. The molecule has 0 aromatic rings. The molecule has 0 aromatic carbocycles. The standard InChI is InChI=1S/C10H15.CH3.2ClH.Ti/c1-7-6-10(4,5)9(3)8(7)2;;;;/h1-5H3;1H3;2*1H;/q2*-1;;;+4/p-2. The third kappa shape index (κ3) is 4.53. The maximum atomic E-state index is 3.44. The van der Waals surface area contributed by atoms with Gasteiger partial charge in [0, 0.05) is 0 Å². The van der Waals surface area contributed by atoms with E-state index in [-0.39, 0.29) is 59.4 Å². The van der Waals surface area contributed by atoms with Gasteiger partial charge >= 0.3 is 21.7 Å². The number of hydrogen-bond acceptors (Lipinski definition) is 0. The molecule has 0 atom stereocenters. The molecule has 1 rings (SSSR count). The van der Waals surface area contributed by atoms with Gasteiger partial charge in [0.25, 0.3) is 0 Å². The van der Waals surface area contributed by atoms with Gasteiger partial charge in [-0.25, -0.2) is 5.57 Å². The van der Waals surface area contributed by atoms with Crippen LogP contribution in [0.25, 0.3) is 0 Å². The molecule has 80 valence electrons. The third-order valence-electron chi connectivity index (χ3n) is 2.56. The van der Waals surface area contributed by atoms with E-state index in [4.69, 9.17) is 0 Å². The molecule has 0 nitrogen and oxygen atoms in total. The second-order valence-corrected chi connectivity index (χ2v) is 3.62. The topological polar surface area (TPSA) is 0 Å². The summed E-state index contributed by atoms with van der Waals surface area (Å²) in [7, 11) is 0. The number of halogens is 2. The molecular weight excluding hydrogens is 251 g/mol. The molecule has 0 saturated carbocycles. The Morgan fingerprint density at radius 3 is 1.43 bits per heavy atom. The minimum atomic E-state index is 0. The first-order chi connectivity index (χ1) is 4.45. The summed E-state index contributed by atoms with van der Waals surface area (Å²) in [5, 5.41) is 0. The van der Waals surface area contributed by atoms with Crippen LogP contribution in [0.3, 0.4) is 0 Å². The average molecular weight is 269 g/mol. The number of hydrogen-bond donors (Lipinski definition) is 0. The predicted octanol–water partition coefficient (Wildman–Crippen LogP) is -2.43. The van der Waals surface area contributed by atoms with Crippen molar-refractivity contribution in [1.29, 1.82) is 0 Å². The molecule has 0 unspecified atom stereocenters. The van der Waals surface area contributed by atoms with Gasteiger partial charge in [-0.2, -0.15) is 11.1 Å². The van der Waals surface area contributed by atoms with Gasteiger partial charge in [0.1, 0.15) is 0 Å². The Kier molecular flexibility index (Phi) is 13.8. The summed E-state index contributed by atoms with van der Waals surface area (Å²) in [6.07, 6.45) is 3.44. The molecule has 0 amide bonds. The van der Waals surface area contributed by atoms with E-state index in [2.05, 4.69) is 40.7 Å². The second kappa shape index (κ2) is 7.99. The summed E-state index contributed by atoms with van der Waals surface area (Å²) in [5.41, 5.74) is 4.39. The van der Waals surface area contributed by atoms with Crippen LogP contribution < -0.4 is 24.8 Å². The molecule has 0 radical (unpaired) electrons. The van der Waals surface area contributed by atoms with Crippen molar-refractivity contribution in [3.63, 3.8) is 0 Å². The second-order valence-electron chi connectivity index (χ2n) is 3.62. The zero-order valence-electron chi connectivity index (χ0n) is 9.76. The number of rotatable bonds is 0. The summed E-state index contributed by atoms with van der Waals surface area (Å²) < 4.78 is 0. The maximum Gasteiger partial charge on any atom is 4.00 e. The van der Waals surface area contributed by atoms with E-state index in [1.54, 1.807) is 0 Å². The van der Waals surface area contributed by atoms with E-state index in [0.717, 1.165) is 0 Å². The van der Waals surface area contributed by atoms with Crippen LogP contribution >= 0.6 is 0 Å². The van der Waals surface area contributed by atoms with Crippen LogP contribution in [-0.4, -0.2) is 0 Å². The van der Waals surface area contributed by atoms with E-state index in [0.29, 0.717) is 0 Å². The van der Waals surface area contributed by atoms with Gasteiger partial charge in [0.2, 0.25) is 0 Å². The van der Waals surface area contributed by atoms with Crippen LogP contribution in [0.4, 0.5) is 0 Å². The van der Waals surface area contributed by atoms with E-state index in [9.17, 15) is 0 Å². The van der Waals surface area contributed by atoms with Crippen LogP contribution in [-0.2, 0) is 21.7 Å². The zero-order valence-corrected chi connectivity index (χ0v) is 12.8. The van der Waals surface area contributed by atoms with Gasteiger partial charge in [0.15, 0.2) is 0 Å². The van der Waals surface area contributed by atoms with E-state index >= 15 is 0 Å². The molecule has 0 aromatic heterocycles. The molecule has 14 heavy (non-hydrogen) atoms. The minimum absolute atomic E-state index is 0. The van der Waals surface area contributed by atoms with Crippen molar-refractivity contribution in [2.45, 2.75) is 34.6 Å². The largest absolute Gasteiger partial charge is 4.00 e. The quantitative estimate of drug-likeness (QED) is 0.339. The molecule has 0 heterocycles. The van der Waals surface area contributed by atoms with Crippen molar-refractivity contribution in [3.05, 3.63) is 30.2 Å². The van der Waals surface area contributed by atoms with Crippen molar-refractivity contribution in [2.24, 2.45) is 5.41 Å². The van der Waals surface area contributed by atoms with Crippen molar-refractivity contribution >= 4 is 0 Å². The van der Waals surface area contributed by atoms with E-state index in [1.165, 1.54) is 16.7 Å². The van der Waals surface area contributed by atoms with Crippen LogP contribution in [0, 0.1) is 18.9 Å². The van der Waals surface area contributed by atoms with Gasteiger partial charge in [-0.3, -0.25) is 6.08 Å². The van der Waals surface area contributed by atoms with Gasteiger partial charge in [0.05, 0.1) is 0 Å². The van der Waals surface area contributed by atoms with Crippen LogP contribution in [0.15, 0.2) is 16.7 Å². The summed E-state index contributed by atoms with van der Waals surface area (Å²) in [4.78, 5) is 0. The summed E-state index contributed by atoms with van der Waals surface area (Å²) in [5.74, 6) is 0. The molecule has 0 aliphatic heterocycles. The average Bonchev–Trinajstić information content (AvgIpc) is 1.95. The Balaban J connectivity index is -0.000000125. The predicted molar refractivity (Wildman–Crippen MR) is 51.0 cm³/mol. The molecule has 1 aliphatic rings. The molecule has 0 N–H and O–H groups in total. The number of allylic oxidation sites excluding steroid dienone is 4. The zero-order chi connectivity index (χ0) is 7.94. The Hall–Kier alpha value is 0.774. The molecule has 0 bridgehead atoms. The Morgan fingerprint density at radius 2 is 1.36 bits per heavy atom. The summed E-state index contributed by atoms with van der Waals surface area (Å²) in [6, 6.07) is 0. The van der Waals surface area contributed by atoms with Crippen molar-refractivity contribution in [3.8, 4) is 0 Å². The normalized spacial score (nSPS) is 16.8.